The van der Waals surface area contributed by atoms with Gasteiger partial charge in [0.15, 0.2) is 6.10 Å². The number of carbonyl (C=O) groups is 2. The molecule has 2 aromatic carbocycles. The van der Waals surface area contributed by atoms with Crippen molar-refractivity contribution in [3.63, 3.8) is 0 Å². The number of rotatable bonds is 7. The summed E-state index contributed by atoms with van der Waals surface area (Å²) in [6.07, 6.45) is -1.07. The SMILES string of the molecule is Cc1cccc(NC(=O)[C@@H](C)OC(=O)CNS(=O)(=O)c2ccc(C)c(C)c2)c1. The van der Waals surface area contributed by atoms with E-state index in [1.807, 2.05) is 19.9 Å². The highest BCUT2D eigenvalue weighted by molar-refractivity contribution is 7.89. The largest absolute Gasteiger partial charge is 0.452 e. The van der Waals surface area contributed by atoms with Gasteiger partial charge in [0.05, 0.1) is 4.90 Å². The third kappa shape index (κ3) is 5.90. The second-order valence-electron chi connectivity index (χ2n) is 6.56. The van der Waals surface area contributed by atoms with Gasteiger partial charge in [0.25, 0.3) is 5.91 Å². The summed E-state index contributed by atoms with van der Waals surface area (Å²) in [6, 6.07) is 11.9. The van der Waals surface area contributed by atoms with Gasteiger partial charge in [-0.15, -0.1) is 0 Å². The molecule has 0 spiro atoms. The van der Waals surface area contributed by atoms with Crippen molar-refractivity contribution >= 4 is 27.6 Å². The predicted molar refractivity (Wildman–Crippen MR) is 106 cm³/mol. The summed E-state index contributed by atoms with van der Waals surface area (Å²) < 4.78 is 31.8. The predicted octanol–water partition coefficient (Wildman–Crippen LogP) is 2.46. The van der Waals surface area contributed by atoms with Crippen LogP contribution < -0.4 is 10.0 Å². The first-order valence-corrected chi connectivity index (χ1v) is 10.2. The molecule has 8 heteroatoms. The Morgan fingerprint density at radius 1 is 1.04 bits per heavy atom. The number of sulfonamides is 1. The van der Waals surface area contributed by atoms with Crippen molar-refractivity contribution in [2.45, 2.75) is 38.7 Å². The van der Waals surface area contributed by atoms with Gasteiger partial charge in [-0.3, -0.25) is 9.59 Å². The van der Waals surface area contributed by atoms with Crippen LogP contribution >= 0.6 is 0 Å². The Morgan fingerprint density at radius 2 is 1.75 bits per heavy atom. The molecule has 1 amide bonds. The minimum absolute atomic E-state index is 0.0636. The van der Waals surface area contributed by atoms with Gasteiger partial charge >= 0.3 is 5.97 Å². The second-order valence-corrected chi connectivity index (χ2v) is 8.33. The molecule has 150 valence electrons. The third-order valence-corrected chi connectivity index (χ3v) is 5.56. The van der Waals surface area contributed by atoms with E-state index in [2.05, 4.69) is 10.0 Å². The van der Waals surface area contributed by atoms with Crippen LogP contribution in [0.4, 0.5) is 5.69 Å². The average Bonchev–Trinajstić information content (AvgIpc) is 2.62. The number of nitrogens with one attached hydrogen (secondary N) is 2. The molecule has 0 aromatic heterocycles. The van der Waals surface area contributed by atoms with Gasteiger partial charge in [-0.05, 0) is 68.7 Å². The molecular weight excluding hydrogens is 380 g/mol. The highest BCUT2D eigenvalue weighted by Crippen LogP contribution is 2.14. The van der Waals surface area contributed by atoms with Crippen molar-refractivity contribution < 1.29 is 22.7 Å². The molecule has 7 nitrogen and oxygen atoms in total. The summed E-state index contributed by atoms with van der Waals surface area (Å²) in [6.45, 7) is 6.41. The van der Waals surface area contributed by atoms with Gasteiger partial charge in [0, 0.05) is 5.69 Å². The average molecular weight is 404 g/mol. The van der Waals surface area contributed by atoms with Crippen LogP contribution in [0.25, 0.3) is 0 Å². The monoisotopic (exact) mass is 404 g/mol. The van der Waals surface area contributed by atoms with Crippen molar-refractivity contribution in [1.82, 2.24) is 4.72 Å². The van der Waals surface area contributed by atoms with Crippen molar-refractivity contribution in [3.8, 4) is 0 Å². The summed E-state index contributed by atoms with van der Waals surface area (Å²) >= 11 is 0. The molecule has 0 aliphatic carbocycles. The number of amides is 1. The van der Waals surface area contributed by atoms with Crippen LogP contribution in [0.2, 0.25) is 0 Å². The van der Waals surface area contributed by atoms with E-state index >= 15 is 0 Å². The minimum Gasteiger partial charge on any atom is -0.452 e. The number of hydrogen-bond acceptors (Lipinski definition) is 5. The Labute approximate surface area is 165 Å². The fourth-order valence-corrected chi connectivity index (χ4v) is 3.43. The maximum absolute atomic E-state index is 12.3. The van der Waals surface area contributed by atoms with Crippen molar-refractivity contribution in [2.75, 3.05) is 11.9 Å². The Balaban J connectivity index is 1.90. The maximum atomic E-state index is 12.3. The van der Waals surface area contributed by atoms with Crippen LogP contribution in [0.15, 0.2) is 47.4 Å². The highest BCUT2D eigenvalue weighted by atomic mass is 32.2. The van der Waals surface area contributed by atoms with E-state index in [1.54, 1.807) is 31.2 Å². The smallest absolute Gasteiger partial charge is 0.321 e. The number of benzene rings is 2. The lowest BCUT2D eigenvalue weighted by atomic mass is 10.1. The van der Waals surface area contributed by atoms with Gasteiger partial charge in [-0.25, -0.2) is 8.42 Å². The Morgan fingerprint density at radius 3 is 2.39 bits per heavy atom. The molecule has 0 aliphatic rings. The molecule has 2 N–H and O–H groups in total. The van der Waals surface area contributed by atoms with Gasteiger partial charge in [-0.1, -0.05) is 18.2 Å². The molecule has 0 aliphatic heterocycles. The van der Waals surface area contributed by atoms with E-state index in [-0.39, 0.29) is 4.90 Å². The molecular formula is C20H24N2O5S. The van der Waals surface area contributed by atoms with E-state index in [9.17, 15) is 18.0 Å². The molecule has 1 atom stereocenters. The molecule has 0 saturated carbocycles. The van der Waals surface area contributed by atoms with E-state index in [0.717, 1.165) is 16.7 Å². The fourth-order valence-electron chi connectivity index (χ4n) is 2.38. The molecule has 0 unspecified atom stereocenters. The lowest BCUT2D eigenvalue weighted by Crippen LogP contribution is -2.35. The first-order chi connectivity index (χ1) is 13.1. The van der Waals surface area contributed by atoms with E-state index < -0.39 is 34.5 Å². The maximum Gasteiger partial charge on any atom is 0.321 e. The van der Waals surface area contributed by atoms with E-state index in [4.69, 9.17) is 4.74 Å². The number of carbonyl (C=O) groups excluding carboxylic acids is 2. The van der Waals surface area contributed by atoms with Crippen molar-refractivity contribution in [3.05, 3.63) is 59.2 Å². The topological polar surface area (TPSA) is 102 Å². The number of hydrogen-bond donors (Lipinski definition) is 2. The molecule has 2 rings (SSSR count). The molecule has 0 bridgehead atoms. The van der Waals surface area contributed by atoms with Crippen LogP contribution in [-0.2, 0) is 24.3 Å². The van der Waals surface area contributed by atoms with E-state index in [1.165, 1.54) is 19.1 Å². The zero-order chi connectivity index (χ0) is 20.9. The standard InChI is InChI=1S/C20H24N2O5S/c1-13-6-5-7-17(10-13)22-20(24)16(4)27-19(23)12-21-28(25,26)18-9-8-14(2)15(3)11-18/h5-11,16,21H,12H2,1-4H3,(H,22,24)/t16-/m1/s1. The lowest BCUT2D eigenvalue weighted by Gasteiger charge is -2.14. The summed E-state index contributed by atoms with van der Waals surface area (Å²) in [5.74, 6) is -1.35. The minimum atomic E-state index is -3.86. The van der Waals surface area contributed by atoms with Crippen LogP contribution in [0, 0.1) is 20.8 Å². The van der Waals surface area contributed by atoms with Crippen LogP contribution in [0.3, 0.4) is 0 Å². The summed E-state index contributed by atoms with van der Waals surface area (Å²) in [5.41, 5.74) is 3.35. The molecule has 0 radical (unpaired) electrons. The highest BCUT2D eigenvalue weighted by Gasteiger charge is 2.21. The van der Waals surface area contributed by atoms with Crippen molar-refractivity contribution in [2.24, 2.45) is 0 Å². The van der Waals surface area contributed by atoms with Crippen LogP contribution in [0.1, 0.15) is 23.6 Å². The van der Waals surface area contributed by atoms with Crippen molar-refractivity contribution in [1.29, 1.82) is 0 Å². The van der Waals surface area contributed by atoms with Gasteiger partial charge in [0.1, 0.15) is 6.54 Å². The Bertz CT molecular complexity index is 986. The number of anilines is 1. The second kappa shape index (κ2) is 8.99. The quantitative estimate of drug-likeness (QED) is 0.690. The normalized spacial score (nSPS) is 12.3. The molecule has 0 heterocycles. The number of aryl methyl sites for hydroxylation is 3. The van der Waals surface area contributed by atoms with Gasteiger partial charge in [-0.2, -0.15) is 4.72 Å². The first-order valence-electron chi connectivity index (χ1n) is 8.72. The number of ether oxygens (including phenoxy) is 1. The summed E-state index contributed by atoms with van der Waals surface area (Å²) in [4.78, 5) is 24.1. The molecule has 28 heavy (non-hydrogen) atoms. The molecule has 0 fully saturated rings. The zero-order valence-corrected chi connectivity index (χ0v) is 17.1. The summed E-state index contributed by atoms with van der Waals surface area (Å²) in [5, 5.41) is 2.64. The molecule has 2 aromatic rings. The third-order valence-electron chi connectivity index (χ3n) is 4.16. The molecule has 0 saturated heterocycles. The number of esters is 1. The Kier molecular flexibility index (Phi) is 6.93. The van der Waals surface area contributed by atoms with Crippen LogP contribution in [0.5, 0.6) is 0 Å². The van der Waals surface area contributed by atoms with E-state index in [0.29, 0.717) is 5.69 Å². The zero-order valence-electron chi connectivity index (χ0n) is 16.3. The van der Waals surface area contributed by atoms with Gasteiger partial charge in [0.2, 0.25) is 10.0 Å². The van der Waals surface area contributed by atoms with Crippen LogP contribution in [-0.4, -0.2) is 32.9 Å². The fraction of sp³-hybridized carbons (Fsp3) is 0.300. The Hall–Kier alpha value is -2.71. The first kappa shape index (κ1) is 21.6. The lowest BCUT2D eigenvalue weighted by molar-refractivity contribution is -0.151. The summed E-state index contributed by atoms with van der Waals surface area (Å²) in [7, 11) is -3.86. The van der Waals surface area contributed by atoms with Gasteiger partial charge < -0.3 is 10.1 Å².